The second-order valence-electron chi connectivity index (χ2n) is 15.7. The highest BCUT2D eigenvalue weighted by Gasteiger charge is 2.36. The lowest BCUT2D eigenvalue weighted by Gasteiger charge is -2.31. The van der Waals surface area contributed by atoms with Crippen LogP contribution in [0.15, 0.2) is 224 Å². The van der Waals surface area contributed by atoms with Gasteiger partial charge in [0.2, 0.25) is 0 Å². The van der Waals surface area contributed by atoms with Crippen LogP contribution in [-0.2, 0) is 5.41 Å². The molecule has 0 saturated carbocycles. The molecule has 58 heavy (non-hydrogen) atoms. The first-order valence-electron chi connectivity index (χ1n) is 20.2. The second-order valence-corrected chi connectivity index (χ2v) is 15.7. The van der Waals surface area contributed by atoms with Crippen LogP contribution in [-0.4, -0.2) is 0 Å². The van der Waals surface area contributed by atoms with Crippen molar-refractivity contribution in [3.63, 3.8) is 0 Å². The van der Waals surface area contributed by atoms with E-state index in [0.29, 0.717) is 0 Å². The molecule has 0 atom stereocenters. The van der Waals surface area contributed by atoms with E-state index in [-0.39, 0.29) is 5.41 Å². The summed E-state index contributed by atoms with van der Waals surface area (Å²) >= 11 is 0. The minimum Gasteiger partial charge on any atom is -0.310 e. The molecule has 9 aromatic rings. The van der Waals surface area contributed by atoms with Crippen molar-refractivity contribution in [3.05, 3.63) is 236 Å². The molecule has 0 saturated heterocycles. The molecule has 1 nitrogen and oxygen atoms in total. The molecule has 0 unspecified atom stereocenters. The number of hydrogen-bond donors (Lipinski definition) is 0. The molecule has 1 heteroatoms. The van der Waals surface area contributed by atoms with Crippen molar-refractivity contribution in [3.8, 4) is 66.8 Å². The van der Waals surface area contributed by atoms with Crippen LogP contribution in [0.4, 0.5) is 17.1 Å². The average Bonchev–Trinajstić information content (AvgIpc) is 3.52. The smallest absolute Gasteiger partial charge is 0.0546 e. The minimum absolute atomic E-state index is 0.205. The third kappa shape index (κ3) is 6.22. The highest BCUT2D eigenvalue weighted by atomic mass is 15.1. The number of anilines is 3. The zero-order valence-corrected chi connectivity index (χ0v) is 32.8. The van der Waals surface area contributed by atoms with E-state index in [4.69, 9.17) is 0 Å². The minimum atomic E-state index is -0.205. The highest BCUT2D eigenvalue weighted by Crippen LogP contribution is 2.53. The van der Waals surface area contributed by atoms with Gasteiger partial charge in [-0.15, -0.1) is 0 Å². The maximum Gasteiger partial charge on any atom is 0.0546 e. The Kier molecular flexibility index (Phi) is 8.92. The van der Waals surface area contributed by atoms with E-state index in [9.17, 15) is 0 Å². The molecule has 9 aromatic carbocycles. The summed E-state index contributed by atoms with van der Waals surface area (Å²) in [7, 11) is 0. The molecule has 0 heterocycles. The number of benzene rings is 9. The quantitative estimate of drug-likeness (QED) is 0.150. The van der Waals surface area contributed by atoms with E-state index in [1.807, 2.05) is 0 Å². The number of rotatable bonds is 8. The van der Waals surface area contributed by atoms with Gasteiger partial charge in [-0.05, 0) is 109 Å². The SMILES string of the molecule is CC1(C)c2cc(-c3ccccc3)ccc2-c2ccc(N(c3ccc(-c4ccccc4)cc3)c3cccc(-c4ccccc4)c3-c3ccccc3-c3ccccc3)cc21. The van der Waals surface area contributed by atoms with Gasteiger partial charge in [-0.25, -0.2) is 0 Å². The summed E-state index contributed by atoms with van der Waals surface area (Å²) in [4.78, 5) is 2.48. The Hall–Kier alpha value is -7.22. The maximum atomic E-state index is 2.48. The summed E-state index contributed by atoms with van der Waals surface area (Å²) < 4.78 is 0. The zero-order valence-electron chi connectivity index (χ0n) is 32.8. The Morgan fingerprint density at radius 2 is 0.724 bits per heavy atom. The van der Waals surface area contributed by atoms with Gasteiger partial charge in [0.25, 0.3) is 0 Å². The van der Waals surface area contributed by atoms with Gasteiger partial charge in [-0.1, -0.05) is 202 Å². The summed E-state index contributed by atoms with van der Waals surface area (Å²) in [6.45, 7) is 4.76. The number of nitrogens with zero attached hydrogens (tertiary/aromatic N) is 1. The van der Waals surface area contributed by atoms with Gasteiger partial charge in [0.15, 0.2) is 0 Å². The first-order chi connectivity index (χ1) is 28.5. The van der Waals surface area contributed by atoms with E-state index in [1.165, 1.54) is 77.9 Å². The Bertz CT molecular complexity index is 2880. The molecule has 0 aliphatic heterocycles. The number of hydrogen-bond acceptors (Lipinski definition) is 1. The number of fused-ring (bicyclic) bond motifs is 3. The molecule has 0 amide bonds. The fourth-order valence-corrected chi connectivity index (χ4v) is 8.97. The normalized spacial score (nSPS) is 12.4. The largest absolute Gasteiger partial charge is 0.310 e. The van der Waals surface area contributed by atoms with Gasteiger partial charge < -0.3 is 4.90 Å². The maximum absolute atomic E-state index is 2.48. The summed E-state index contributed by atoms with van der Waals surface area (Å²) in [5, 5.41) is 0. The van der Waals surface area contributed by atoms with Crippen LogP contribution >= 0.6 is 0 Å². The van der Waals surface area contributed by atoms with E-state index in [2.05, 4.69) is 243 Å². The van der Waals surface area contributed by atoms with Crippen molar-refractivity contribution in [2.75, 3.05) is 4.90 Å². The molecule has 0 bridgehead atoms. The summed E-state index contributed by atoms with van der Waals surface area (Å²) in [5.74, 6) is 0. The van der Waals surface area contributed by atoms with Crippen molar-refractivity contribution < 1.29 is 0 Å². The van der Waals surface area contributed by atoms with E-state index >= 15 is 0 Å². The molecule has 1 aliphatic carbocycles. The van der Waals surface area contributed by atoms with Crippen LogP contribution in [0.5, 0.6) is 0 Å². The lowest BCUT2D eigenvalue weighted by molar-refractivity contribution is 0.660. The second kappa shape index (κ2) is 14.7. The van der Waals surface area contributed by atoms with Crippen LogP contribution in [0.3, 0.4) is 0 Å². The first kappa shape index (κ1) is 35.2. The standard InChI is InChI=1S/C57H43N/c1-57(2)53-38-45(41-20-9-4-10-21-41)32-36-50(53)51-37-35-47(39-54(51)57)58(46-33-30-42(31-34-46)40-18-7-3-8-19-40)55-29-17-28-49(44-24-13-6-14-25-44)56(55)52-27-16-15-26-48(52)43-22-11-5-12-23-43/h3-39H,1-2H3. The van der Waals surface area contributed by atoms with Gasteiger partial charge >= 0.3 is 0 Å². The topological polar surface area (TPSA) is 3.24 Å². The van der Waals surface area contributed by atoms with Gasteiger partial charge in [0.1, 0.15) is 0 Å². The molecular weight excluding hydrogens is 699 g/mol. The summed E-state index contributed by atoms with van der Waals surface area (Å²) in [6, 6.07) is 81.9. The van der Waals surface area contributed by atoms with Crippen molar-refractivity contribution >= 4 is 17.1 Å². The predicted molar refractivity (Wildman–Crippen MR) is 246 cm³/mol. The monoisotopic (exact) mass is 741 g/mol. The Balaban J connectivity index is 1.20. The molecule has 1 aliphatic rings. The van der Waals surface area contributed by atoms with Crippen LogP contribution in [0.25, 0.3) is 66.8 Å². The fraction of sp³-hybridized carbons (Fsp3) is 0.0526. The molecule has 0 spiro atoms. The molecule has 0 aromatic heterocycles. The van der Waals surface area contributed by atoms with Gasteiger partial charge in [0.05, 0.1) is 5.69 Å². The lowest BCUT2D eigenvalue weighted by Crippen LogP contribution is -2.17. The molecular formula is C57H43N. The van der Waals surface area contributed by atoms with E-state index < -0.39 is 0 Å². The lowest BCUT2D eigenvalue weighted by atomic mass is 9.81. The molecule has 0 N–H and O–H groups in total. The average molecular weight is 742 g/mol. The Labute approximate surface area is 342 Å². The predicted octanol–water partition coefficient (Wildman–Crippen LogP) is 15.8. The van der Waals surface area contributed by atoms with Crippen LogP contribution in [0.1, 0.15) is 25.0 Å². The molecule has 276 valence electrons. The third-order valence-corrected chi connectivity index (χ3v) is 11.9. The molecule has 0 fully saturated rings. The Morgan fingerprint density at radius 3 is 1.34 bits per heavy atom. The van der Waals surface area contributed by atoms with Gasteiger partial charge in [0, 0.05) is 22.4 Å². The summed E-state index contributed by atoms with van der Waals surface area (Å²) in [5.41, 5.74) is 20.5. The van der Waals surface area contributed by atoms with Crippen molar-refractivity contribution in [2.24, 2.45) is 0 Å². The summed E-state index contributed by atoms with van der Waals surface area (Å²) in [6.07, 6.45) is 0. The Morgan fingerprint density at radius 1 is 0.293 bits per heavy atom. The van der Waals surface area contributed by atoms with Crippen LogP contribution in [0, 0.1) is 0 Å². The van der Waals surface area contributed by atoms with Crippen LogP contribution in [0.2, 0.25) is 0 Å². The van der Waals surface area contributed by atoms with E-state index in [1.54, 1.807) is 0 Å². The zero-order chi connectivity index (χ0) is 39.1. The third-order valence-electron chi connectivity index (χ3n) is 11.9. The van der Waals surface area contributed by atoms with Gasteiger partial charge in [-0.2, -0.15) is 0 Å². The van der Waals surface area contributed by atoms with Crippen molar-refractivity contribution in [2.45, 2.75) is 19.3 Å². The molecule has 10 rings (SSSR count). The fourth-order valence-electron chi connectivity index (χ4n) is 8.97. The molecule has 0 radical (unpaired) electrons. The first-order valence-corrected chi connectivity index (χ1v) is 20.2. The van der Waals surface area contributed by atoms with Crippen molar-refractivity contribution in [1.29, 1.82) is 0 Å². The van der Waals surface area contributed by atoms with Crippen molar-refractivity contribution in [1.82, 2.24) is 0 Å². The van der Waals surface area contributed by atoms with Gasteiger partial charge in [-0.3, -0.25) is 0 Å². The highest BCUT2D eigenvalue weighted by molar-refractivity contribution is 6.01. The van der Waals surface area contributed by atoms with Crippen LogP contribution < -0.4 is 4.90 Å². The van der Waals surface area contributed by atoms with E-state index in [0.717, 1.165) is 17.1 Å².